The van der Waals surface area contributed by atoms with Crippen LogP contribution < -0.4 is 5.73 Å². The van der Waals surface area contributed by atoms with Crippen LogP contribution in [-0.4, -0.2) is 31.3 Å². The Bertz CT molecular complexity index is 1030. The second-order valence-electron chi connectivity index (χ2n) is 6.00. The zero-order chi connectivity index (χ0) is 19.9. The quantitative estimate of drug-likeness (QED) is 0.375. The van der Waals surface area contributed by atoms with Gasteiger partial charge in [0.05, 0.1) is 12.3 Å². The molecule has 3 aromatic rings. The number of benzene rings is 1. The van der Waals surface area contributed by atoms with E-state index in [9.17, 15) is 4.79 Å². The van der Waals surface area contributed by atoms with Gasteiger partial charge in [0, 0.05) is 23.7 Å². The molecule has 0 amide bonds. The first-order valence-electron chi connectivity index (χ1n) is 8.50. The van der Waals surface area contributed by atoms with Gasteiger partial charge >= 0.3 is 0 Å². The van der Waals surface area contributed by atoms with Gasteiger partial charge in [-0.25, -0.2) is 0 Å². The normalized spacial score (nSPS) is 11.6. The van der Waals surface area contributed by atoms with Crippen molar-refractivity contribution in [2.24, 2.45) is 5.73 Å². The molecule has 0 aliphatic heterocycles. The van der Waals surface area contributed by atoms with E-state index in [-0.39, 0.29) is 22.8 Å². The Balaban J connectivity index is 1.91. The first kappa shape index (κ1) is 19.3. The minimum atomic E-state index is -0.327. The zero-order valence-electron chi connectivity index (χ0n) is 15.2. The van der Waals surface area contributed by atoms with E-state index in [1.165, 1.54) is 11.8 Å². The molecule has 0 saturated heterocycles. The van der Waals surface area contributed by atoms with Crippen molar-refractivity contribution in [2.75, 3.05) is 5.75 Å². The number of rotatable bonds is 7. The number of ketones is 1. The Morgan fingerprint density at radius 3 is 2.54 bits per heavy atom. The van der Waals surface area contributed by atoms with E-state index in [0.29, 0.717) is 17.5 Å². The molecule has 8 heteroatoms. The van der Waals surface area contributed by atoms with Gasteiger partial charge in [0.25, 0.3) is 0 Å². The average molecular weight is 390 g/mol. The molecule has 0 radical (unpaired) electrons. The minimum Gasteiger partial charge on any atom is -0.401 e. The molecule has 140 valence electrons. The summed E-state index contributed by atoms with van der Waals surface area (Å²) in [6, 6.07) is 15.5. The molecule has 2 heterocycles. The molecule has 2 aromatic heterocycles. The van der Waals surface area contributed by atoms with Crippen molar-refractivity contribution in [1.82, 2.24) is 19.7 Å². The lowest BCUT2D eigenvalue weighted by molar-refractivity contribution is -0.112. The van der Waals surface area contributed by atoms with E-state index in [4.69, 9.17) is 11.0 Å². The molecule has 2 N–H and O–H groups in total. The second-order valence-corrected chi connectivity index (χ2v) is 6.94. The van der Waals surface area contributed by atoms with Gasteiger partial charge in [0.15, 0.2) is 16.8 Å². The van der Waals surface area contributed by atoms with Crippen molar-refractivity contribution in [3.05, 3.63) is 71.7 Å². The van der Waals surface area contributed by atoms with E-state index < -0.39 is 0 Å². The summed E-state index contributed by atoms with van der Waals surface area (Å²) in [6.07, 6.45) is 3.39. The van der Waals surface area contributed by atoms with Crippen LogP contribution in [0, 0.1) is 11.3 Å². The van der Waals surface area contributed by atoms with Crippen LogP contribution in [0.15, 0.2) is 71.3 Å². The highest BCUT2D eigenvalue weighted by molar-refractivity contribution is 7.99. The van der Waals surface area contributed by atoms with Gasteiger partial charge in [-0.1, -0.05) is 42.1 Å². The molecular formula is C20H18N6OS. The van der Waals surface area contributed by atoms with Gasteiger partial charge in [0.2, 0.25) is 0 Å². The van der Waals surface area contributed by atoms with Gasteiger partial charge in [0.1, 0.15) is 11.6 Å². The summed E-state index contributed by atoms with van der Waals surface area (Å²) in [5.74, 6) is 0.417. The van der Waals surface area contributed by atoms with Crippen molar-refractivity contribution in [2.45, 2.75) is 18.6 Å². The number of nitriles is 1. The van der Waals surface area contributed by atoms with Gasteiger partial charge in [-0.15, -0.1) is 10.2 Å². The summed E-state index contributed by atoms with van der Waals surface area (Å²) in [6.45, 7) is 2.10. The topological polar surface area (TPSA) is 110 Å². The molecule has 0 unspecified atom stereocenters. The third-order valence-electron chi connectivity index (χ3n) is 3.96. The van der Waals surface area contributed by atoms with Crippen LogP contribution in [0.3, 0.4) is 0 Å². The Labute approximate surface area is 166 Å². The van der Waals surface area contributed by atoms with Crippen LogP contribution in [0.5, 0.6) is 0 Å². The maximum Gasteiger partial charge on any atom is 0.192 e. The van der Waals surface area contributed by atoms with Gasteiger partial charge in [-0.2, -0.15) is 5.26 Å². The molecule has 0 aliphatic rings. The Morgan fingerprint density at radius 2 is 1.89 bits per heavy atom. The SMILES string of the molecule is C/C(N)=C(/C#N)C(=O)CSc1nnc(-c2ccncc2)n1Cc1ccccc1. The van der Waals surface area contributed by atoms with E-state index in [1.807, 2.05) is 53.1 Å². The van der Waals surface area contributed by atoms with Crippen molar-refractivity contribution in [1.29, 1.82) is 5.26 Å². The molecule has 1 aromatic carbocycles. The van der Waals surface area contributed by atoms with Crippen LogP contribution in [0.2, 0.25) is 0 Å². The Hall–Kier alpha value is -3.44. The first-order chi connectivity index (χ1) is 13.6. The van der Waals surface area contributed by atoms with Crippen LogP contribution in [0.1, 0.15) is 12.5 Å². The lowest BCUT2D eigenvalue weighted by atomic mass is 10.2. The molecule has 3 rings (SSSR count). The van der Waals surface area contributed by atoms with E-state index >= 15 is 0 Å². The highest BCUT2D eigenvalue weighted by Crippen LogP contribution is 2.25. The number of Topliss-reactive ketones (excluding diaryl/α,β-unsaturated/α-hetero) is 1. The number of carbonyl (C=O) groups is 1. The largest absolute Gasteiger partial charge is 0.401 e. The van der Waals surface area contributed by atoms with Gasteiger partial charge < -0.3 is 5.73 Å². The molecule has 0 saturated carbocycles. The highest BCUT2D eigenvalue weighted by Gasteiger charge is 2.18. The summed E-state index contributed by atoms with van der Waals surface area (Å²) in [7, 11) is 0. The molecular weight excluding hydrogens is 372 g/mol. The standard InChI is InChI=1S/C20H18N6OS/c1-14(22)17(11-21)18(27)13-28-20-25-24-19(16-7-9-23-10-8-16)26(20)12-15-5-3-2-4-6-15/h2-10H,12-13,22H2,1H3/b17-14+. The van der Waals surface area contributed by atoms with Crippen molar-refractivity contribution in [3.8, 4) is 17.5 Å². The summed E-state index contributed by atoms with van der Waals surface area (Å²) >= 11 is 1.23. The third kappa shape index (κ3) is 4.45. The Kier molecular flexibility index (Phi) is 6.19. The lowest BCUT2D eigenvalue weighted by Gasteiger charge is -2.10. The van der Waals surface area contributed by atoms with Crippen LogP contribution >= 0.6 is 11.8 Å². The first-order valence-corrected chi connectivity index (χ1v) is 9.48. The monoisotopic (exact) mass is 390 g/mol. The lowest BCUT2D eigenvalue weighted by Crippen LogP contribution is -2.11. The van der Waals surface area contributed by atoms with Crippen LogP contribution in [0.25, 0.3) is 11.4 Å². The van der Waals surface area contributed by atoms with Crippen LogP contribution in [0.4, 0.5) is 0 Å². The predicted molar refractivity (Wildman–Crippen MR) is 107 cm³/mol. The fourth-order valence-corrected chi connectivity index (χ4v) is 3.40. The van der Waals surface area contributed by atoms with E-state index in [1.54, 1.807) is 19.3 Å². The number of nitrogens with zero attached hydrogens (tertiary/aromatic N) is 5. The summed E-state index contributed by atoms with van der Waals surface area (Å²) < 4.78 is 1.95. The second kappa shape index (κ2) is 8.97. The highest BCUT2D eigenvalue weighted by atomic mass is 32.2. The maximum atomic E-state index is 12.3. The third-order valence-corrected chi connectivity index (χ3v) is 4.92. The van der Waals surface area contributed by atoms with Crippen LogP contribution in [-0.2, 0) is 11.3 Å². The zero-order valence-corrected chi connectivity index (χ0v) is 16.1. The number of hydrogen-bond donors (Lipinski definition) is 1. The van der Waals surface area contributed by atoms with Crippen molar-refractivity contribution >= 4 is 17.5 Å². The van der Waals surface area contributed by atoms with Gasteiger partial charge in [-0.3, -0.25) is 14.3 Å². The minimum absolute atomic E-state index is 0.0176. The summed E-state index contributed by atoms with van der Waals surface area (Å²) in [5.41, 5.74) is 7.78. The molecule has 28 heavy (non-hydrogen) atoms. The number of pyridine rings is 1. The fraction of sp³-hybridized carbons (Fsp3) is 0.150. The molecule has 0 fully saturated rings. The number of aromatic nitrogens is 4. The summed E-state index contributed by atoms with van der Waals surface area (Å²) in [4.78, 5) is 16.3. The average Bonchev–Trinajstić information content (AvgIpc) is 3.10. The van der Waals surface area contributed by atoms with Gasteiger partial charge in [-0.05, 0) is 24.6 Å². The molecule has 0 bridgehead atoms. The number of allylic oxidation sites excluding steroid dienone is 2. The summed E-state index contributed by atoms with van der Waals surface area (Å²) in [5, 5.41) is 18.3. The van der Waals surface area contributed by atoms with E-state index in [2.05, 4.69) is 15.2 Å². The number of carbonyl (C=O) groups excluding carboxylic acids is 1. The number of thioether (sulfide) groups is 1. The van der Waals surface area contributed by atoms with Crippen molar-refractivity contribution < 1.29 is 4.79 Å². The Morgan fingerprint density at radius 1 is 1.18 bits per heavy atom. The molecule has 0 spiro atoms. The van der Waals surface area contributed by atoms with E-state index in [0.717, 1.165) is 11.1 Å². The maximum absolute atomic E-state index is 12.3. The van der Waals surface area contributed by atoms with Crippen molar-refractivity contribution in [3.63, 3.8) is 0 Å². The molecule has 0 aliphatic carbocycles. The molecule has 7 nitrogen and oxygen atoms in total. The predicted octanol–water partition coefficient (Wildman–Crippen LogP) is 2.81. The number of nitrogens with two attached hydrogens (primary N) is 1. The fourth-order valence-electron chi connectivity index (χ4n) is 2.59. The smallest absolute Gasteiger partial charge is 0.192 e. The molecule has 0 atom stereocenters. The number of hydrogen-bond acceptors (Lipinski definition) is 7.